The van der Waals surface area contributed by atoms with Crippen LogP contribution in [0.2, 0.25) is 0 Å². The van der Waals surface area contributed by atoms with Gasteiger partial charge < -0.3 is 23.7 Å². The largest absolute Gasteiger partial charge is 0.507 e. The van der Waals surface area contributed by atoms with E-state index in [1.54, 1.807) is 0 Å². The quantitative estimate of drug-likeness (QED) is 0.330. The van der Waals surface area contributed by atoms with E-state index < -0.39 is 0 Å². The molecule has 0 bridgehead atoms. The lowest BCUT2D eigenvalue weighted by Crippen LogP contribution is -2.04. The number of phenols is 1. The van der Waals surface area contributed by atoms with Crippen LogP contribution >= 0.6 is 0 Å². The van der Waals surface area contributed by atoms with Gasteiger partial charge in [0.05, 0.1) is 17.6 Å². The van der Waals surface area contributed by atoms with Gasteiger partial charge in [-0.05, 0) is 47.5 Å². The van der Waals surface area contributed by atoms with E-state index in [0.717, 1.165) is 67.1 Å². The minimum absolute atomic E-state index is 0.216. The number of epoxide rings is 1. The number of phenolic OH excluding ortho intramolecular Hbond substituents is 1. The number of ether oxygens (including phenoxy) is 2. The van der Waals surface area contributed by atoms with Crippen molar-refractivity contribution in [3.63, 3.8) is 0 Å². The number of hydrogen-bond acceptors (Lipinski definition) is 3. The van der Waals surface area contributed by atoms with Gasteiger partial charge in [-0.25, -0.2) is 0 Å². The smallest absolute Gasteiger partial charge is 0.129 e. The molecule has 2 aromatic heterocycles. The van der Waals surface area contributed by atoms with Crippen LogP contribution in [0.15, 0.2) is 72.8 Å². The van der Waals surface area contributed by atoms with Crippen molar-refractivity contribution in [3.05, 3.63) is 72.8 Å². The molecule has 0 radical (unpaired) electrons. The van der Waals surface area contributed by atoms with E-state index in [0.29, 0.717) is 12.4 Å². The van der Waals surface area contributed by atoms with Crippen LogP contribution in [0.5, 0.6) is 11.5 Å². The van der Waals surface area contributed by atoms with E-state index in [9.17, 15) is 5.11 Å². The van der Waals surface area contributed by atoms with Gasteiger partial charge in [0, 0.05) is 46.7 Å². The fourth-order valence-electron chi connectivity index (χ4n) is 5.29. The molecule has 0 saturated carbocycles. The summed E-state index contributed by atoms with van der Waals surface area (Å²) in [5, 5.41) is 15.3. The number of aromatic hydroxyl groups is 1. The van der Waals surface area contributed by atoms with Crippen LogP contribution in [0, 0.1) is 0 Å². The molecule has 5 nitrogen and oxygen atoms in total. The van der Waals surface area contributed by atoms with Crippen molar-refractivity contribution in [1.82, 2.24) is 9.13 Å². The molecule has 168 valence electrons. The average molecular weight is 449 g/mol. The number of nitrogens with zero attached hydrogens (tertiary/aromatic N) is 2. The van der Waals surface area contributed by atoms with Crippen LogP contribution in [0.4, 0.5) is 0 Å². The van der Waals surface area contributed by atoms with E-state index in [2.05, 4.69) is 65.7 Å². The second-order valence-corrected chi connectivity index (χ2v) is 9.17. The first kappa shape index (κ1) is 19.5. The molecule has 0 spiro atoms. The zero-order valence-electron chi connectivity index (χ0n) is 19.1. The molecule has 3 heterocycles. The standard InChI is InChI=1S/C29H24N2O3/c1-30-22-7-4-3-6-20(22)28-25(30)13-18(14-26(28)32)17-10-11-21-24(12-17)31(2)23-8-5-9-27(29(21)23)34-16-19-15-33-19/h3-14,19,32H,15-16H2,1-2H3. The Balaban J connectivity index is 1.41. The predicted octanol–water partition coefficient (Wildman–Crippen LogP) is 6.13. The lowest BCUT2D eigenvalue weighted by Gasteiger charge is -2.07. The Bertz CT molecular complexity index is 1750. The molecule has 4 aromatic carbocycles. The summed E-state index contributed by atoms with van der Waals surface area (Å²) in [5.41, 5.74) is 6.45. The highest BCUT2D eigenvalue weighted by Gasteiger charge is 2.24. The zero-order valence-corrected chi connectivity index (χ0v) is 19.1. The molecule has 1 saturated heterocycles. The normalized spacial score (nSPS) is 15.6. The van der Waals surface area contributed by atoms with Crippen LogP contribution < -0.4 is 4.74 Å². The van der Waals surface area contributed by atoms with Gasteiger partial charge in [0.25, 0.3) is 0 Å². The van der Waals surface area contributed by atoms with Gasteiger partial charge in [0.2, 0.25) is 0 Å². The third-order valence-corrected chi connectivity index (χ3v) is 7.15. The number of para-hydroxylation sites is 1. The van der Waals surface area contributed by atoms with Gasteiger partial charge in [-0.3, -0.25) is 0 Å². The molecule has 1 N–H and O–H groups in total. The Kier molecular flexibility index (Phi) is 4.03. The van der Waals surface area contributed by atoms with Gasteiger partial charge in [-0.1, -0.05) is 36.4 Å². The maximum Gasteiger partial charge on any atom is 0.129 e. The lowest BCUT2D eigenvalue weighted by molar-refractivity contribution is 0.265. The molecular formula is C29H24N2O3. The van der Waals surface area contributed by atoms with E-state index in [-0.39, 0.29) is 6.10 Å². The van der Waals surface area contributed by atoms with Gasteiger partial charge in [0.1, 0.15) is 24.2 Å². The molecule has 1 aliphatic rings. The molecular weight excluding hydrogens is 424 g/mol. The second kappa shape index (κ2) is 7.02. The molecule has 7 rings (SSSR count). The number of aromatic nitrogens is 2. The number of fused-ring (bicyclic) bond motifs is 6. The van der Waals surface area contributed by atoms with Crippen LogP contribution in [-0.2, 0) is 18.8 Å². The predicted molar refractivity (Wildman–Crippen MR) is 137 cm³/mol. The SMILES string of the molecule is Cn1c2ccccc2c2c(O)cc(-c3ccc4c5c(OCC6CO6)cccc5n(C)c4c3)cc21. The molecule has 1 unspecified atom stereocenters. The van der Waals surface area contributed by atoms with Crippen molar-refractivity contribution in [2.75, 3.05) is 13.2 Å². The average Bonchev–Trinajstić information content (AvgIpc) is 3.59. The Morgan fingerprint density at radius 1 is 0.794 bits per heavy atom. The Hall–Kier alpha value is -3.96. The fourth-order valence-corrected chi connectivity index (χ4v) is 5.29. The van der Waals surface area contributed by atoms with Gasteiger partial charge in [-0.15, -0.1) is 0 Å². The van der Waals surface area contributed by atoms with Crippen molar-refractivity contribution in [2.24, 2.45) is 14.1 Å². The summed E-state index contributed by atoms with van der Waals surface area (Å²) < 4.78 is 15.8. The van der Waals surface area contributed by atoms with Crippen LogP contribution in [0.25, 0.3) is 54.7 Å². The number of benzene rings is 4. The summed E-state index contributed by atoms with van der Waals surface area (Å²) in [7, 11) is 4.14. The topological polar surface area (TPSA) is 51.9 Å². The highest BCUT2D eigenvalue weighted by atomic mass is 16.6. The third kappa shape index (κ3) is 2.77. The Morgan fingerprint density at radius 2 is 1.53 bits per heavy atom. The molecule has 1 fully saturated rings. The highest BCUT2D eigenvalue weighted by Crippen LogP contribution is 2.40. The van der Waals surface area contributed by atoms with Crippen molar-refractivity contribution in [2.45, 2.75) is 6.10 Å². The third-order valence-electron chi connectivity index (χ3n) is 7.15. The van der Waals surface area contributed by atoms with Crippen LogP contribution in [0.1, 0.15) is 0 Å². The van der Waals surface area contributed by atoms with E-state index in [1.165, 1.54) is 0 Å². The second-order valence-electron chi connectivity index (χ2n) is 9.17. The first-order chi connectivity index (χ1) is 16.6. The van der Waals surface area contributed by atoms with Crippen molar-refractivity contribution in [1.29, 1.82) is 0 Å². The molecule has 0 aliphatic carbocycles. The van der Waals surface area contributed by atoms with Crippen LogP contribution in [-0.4, -0.2) is 33.6 Å². The van der Waals surface area contributed by atoms with Gasteiger partial charge in [-0.2, -0.15) is 0 Å². The van der Waals surface area contributed by atoms with E-state index in [1.807, 2.05) is 30.3 Å². The van der Waals surface area contributed by atoms with Crippen molar-refractivity contribution in [3.8, 4) is 22.6 Å². The molecule has 5 heteroatoms. The summed E-state index contributed by atoms with van der Waals surface area (Å²) in [6.45, 7) is 1.36. The summed E-state index contributed by atoms with van der Waals surface area (Å²) in [4.78, 5) is 0. The first-order valence-corrected chi connectivity index (χ1v) is 11.6. The molecule has 1 aliphatic heterocycles. The minimum Gasteiger partial charge on any atom is -0.507 e. The minimum atomic E-state index is 0.216. The number of aryl methyl sites for hydroxylation is 2. The Morgan fingerprint density at radius 3 is 2.38 bits per heavy atom. The van der Waals surface area contributed by atoms with Crippen LogP contribution in [0.3, 0.4) is 0 Å². The fraction of sp³-hybridized carbons (Fsp3) is 0.172. The monoisotopic (exact) mass is 448 g/mol. The number of hydrogen-bond donors (Lipinski definition) is 1. The molecule has 0 amide bonds. The number of rotatable bonds is 4. The summed E-state index contributed by atoms with van der Waals surface area (Å²) in [6.07, 6.45) is 0.216. The van der Waals surface area contributed by atoms with Gasteiger partial charge >= 0.3 is 0 Å². The summed E-state index contributed by atoms with van der Waals surface area (Å²) >= 11 is 0. The molecule has 34 heavy (non-hydrogen) atoms. The first-order valence-electron chi connectivity index (χ1n) is 11.6. The Labute approximate surface area is 196 Å². The summed E-state index contributed by atoms with van der Waals surface area (Å²) in [6, 6.07) is 24.9. The molecule has 6 aromatic rings. The zero-order chi connectivity index (χ0) is 23.0. The highest BCUT2D eigenvalue weighted by molar-refractivity contribution is 6.14. The van der Waals surface area contributed by atoms with Crippen molar-refractivity contribution >= 4 is 43.6 Å². The van der Waals surface area contributed by atoms with Crippen molar-refractivity contribution < 1.29 is 14.6 Å². The van der Waals surface area contributed by atoms with E-state index in [4.69, 9.17) is 9.47 Å². The maximum absolute atomic E-state index is 11.0. The molecule has 1 atom stereocenters. The summed E-state index contributed by atoms with van der Waals surface area (Å²) in [5.74, 6) is 1.19. The van der Waals surface area contributed by atoms with E-state index >= 15 is 0 Å². The maximum atomic E-state index is 11.0. The lowest BCUT2D eigenvalue weighted by atomic mass is 10.0. The van der Waals surface area contributed by atoms with Gasteiger partial charge in [0.15, 0.2) is 0 Å².